The zero-order chi connectivity index (χ0) is 13.8. The smallest absolute Gasteiger partial charge is 0.417 e. The van der Waals surface area contributed by atoms with Crippen LogP contribution in [0.25, 0.3) is 6.08 Å². The van der Waals surface area contributed by atoms with Gasteiger partial charge in [-0.2, -0.15) is 25.8 Å². The summed E-state index contributed by atoms with van der Waals surface area (Å²) in [7, 11) is 0. The zero-order valence-electron chi connectivity index (χ0n) is 9.24. The lowest BCUT2D eigenvalue weighted by atomic mass is 10.0. The van der Waals surface area contributed by atoms with E-state index in [2.05, 4.69) is 12.6 Å². The van der Waals surface area contributed by atoms with Crippen molar-refractivity contribution < 1.29 is 23.1 Å². The first-order valence-electron chi connectivity index (χ1n) is 5.08. The van der Waals surface area contributed by atoms with E-state index in [1.807, 2.05) is 0 Å². The first-order chi connectivity index (χ1) is 8.36. The van der Waals surface area contributed by atoms with Gasteiger partial charge in [0.1, 0.15) is 0 Å². The topological polar surface area (TPSA) is 37.3 Å². The molecule has 1 aromatic carbocycles. The number of halogens is 3. The second kappa shape index (κ2) is 5.95. The average Bonchev–Trinajstić information content (AvgIpc) is 2.28. The molecule has 0 spiro atoms. The van der Waals surface area contributed by atoms with Crippen molar-refractivity contribution in [1.29, 1.82) is 0 Å². The Morgan fingerprint density at radius 1 is 1.39 bits per heavy atom. The lowest BCUT2D eigenvalue weighted by Gasteiger charge is -2.10. The van der Waals surface area contributed by atoms with E-state index in [1.54, 1.807) is 6.08 Å². The molecule has 18 heavy (non-hydrogen) atoms. The molecule has 0 bridgehead atoms. The van der Waals surface area contributed by atoms with Gasteiger partial charge in [0, 0.05) is 0 Å². The summed E-state index contributed by atoms with van der Waals surface area (Å²) in [5.41, 5.74) is -1.56. The third-order valence-corrected chi connectivity index (χ3v) is 2.44. The SMILES string of the molecule is O=C(O)c1ccc(C=CCCS)cc1C(F)(F)F. The minimum atomic E-state index is -4.68. The number of hydrogen-bond acceptors (Lipinski definition) is 2. The van der Waals surface area contributed by atoms with Gasteiger partial charge in [-0.25, -0.2) is 4.79 Å². The van der Waals surface area contributed by atoms with Gasteiger partial charge < -0.3 is 5.11 Å². The molecule has 0 saturated heterocycles. The highest BCUT2D eigenvalue weighted by atomic mass is 32.1. The summed E-state index contributed by atoms with van der Waals surface area (Å²) in [5, 5.41) is 8.71. The minimum absolute atomic E-state index is 0.314. The molecule has 0 aliphatic heterocycles. The number of carboxylic acid groups (broad SMARTS) is 1. The van der Waals surface area contributed by atoms with Crippen molar-refractivity contribution in [2.75, 3.05) is 5.75 Å². The minimum Gasteiger partial charge on any atom is -0.478 e. The molecular formula is C12H11F3O2S. The van der Waals surface area contributed by atoms with Gasteiger partial charge in [0.25, 0.3) is 0 Å². The van der Waals surface area contributed by atoms with Crippen LogP contribution in [0.2, 0.25) is 0 Å². The normalized spacial score (nSPS) is 12.0. The molecule has 98 valence electrons. The predicted octanol–water partition coefficient (Wildman–Crippen LogP) is 3.74. The van der Waals surface area contributed by atoms with Crippen molar-refractivity contribution in [3.8, 4) is 0 Å². The third-order valence-electron chi connectivity index (χ3n) is 2.19. The monoisotopic (exact) mass is 276 g/mol. The average molecular weight is 276 g/mol. The predicted molar refractivity (Wildman–Crippen MR) is 65.9 cm³/mol. The Balaban J connectivity index is 3.18. The Morgan fingerprint density at radius 2 is 2.06 bits per heavy atom. The standard InChI is InChI=1S/C12H11F3O2S/c13-12(14,15)10-7-8(3-1-2-6-18)4-5-9(10)11(16)17/h1,3-5,7,18H,2,6H2,(H,16,17). The molecule has 2 nitrogen and oxygen atoms in total. The van der Waals surface area contributed by atoms with E-state index >= 15 is 0 Å². The summed E-state index contributed by atoms with van der Waals surface area (Å²) >= 11 is 3.97. The van der Waals surface area contributed by atoms with Gasteiger partial charge in [-0.1, -0.05) is 18.2 Å². The van der Waals surface area contributed by atoms with E-state index in [9.17, 15) is 18.0 Å². The van der Waals surface area contributed by atoms with Crippen LogP contribution < -0.4 is 0 Å². The van der Waals surface area contributed by atoms with Crippen molar-refractivity contribution in [3.05, 3.63) is 41.0 Å². The Kier molecular flexibility index (Phi) is 4.84. The number of alkyl halides is 3. The van der Waals surface area contributed by atoms with Crippen LogP contribution in [0.4, 0.5) is 13.2 Å². The summed E-state index contributed by atoms with van der Waals surface area (Å²) in [6, 6.07) is 3.14. The summed E-state index contributed by atoms with van der Waals surface area (Å²) in [6.45, 7) is 0. The van der Waals surface area contributed by atoms with Crippen LogP contribution in [0.5, 0.6) is 0 Å². The molecule has 0 unspecified atom stereocenters. The number of carbonyl (C=O) groups is 1. The molecule has 1 N–H and O–H groups in total. The summed E-state index contributed by atoms with van der Waals surface area (Å²) in [6.07, 6.45) is -0.855. The molecule has 0 amide bonds. The van der Waals surface area contributed by atoms with Crippen molar-refractivity contribution in [1.82, 2.24) is 0 Å². The Morgan fingerprint density at radius 3 is 2.56 bits per heavy atom. The first kappa shape index (κ1) is 14.6. The Labute approximate surface area is 108 Å². The molecule has 0 aromatic heterocycles. The quantitative estimate of drug-likeness (QED) is 0.822. The van der Waals surface area contributed by atoms with Crippen molar-refractivity contribution >= 4 is 24.7 Å². The van der Waals surface area contributed by atoms with Crippen molar-refractivity contribution in [2.24, 2.45) is 0 Å². The van der Waals surface area contributed by atoms with Gasteiger partial charge in [-0.15, -0.1) is 0 Å². The molecule has 0 aliphatic carbocycles. The summed E-state index contributed by atoms with van der Waals surface area (Å²) < 4.78 is 38.0. The fourth-order valence-electron chi connectivity index (χ4n) is 1.38. The molecule has 0 aliphatic rings. The molecule has 1 aromatic rings. The second-order valence-corrected chi connectivity index (χ2v) is 3.97. The Bertz CT molecular complexity index is 467. The van der Waals surface area contributed by atoms with Crippen LogP contribution in [0.15, 0.2) is 24.3 Å². The number of hydrogen-bond donors (Lipinski definition) is 2. The maximum atomic E-state index is 12.7. The maximum absolute atomic E-state index is 12.7. The molecule has 0 heterocycles. The van der Waals surface area contributed by atoms with Crippen molar-refractivity contribution in [3.63, 3.8) is 0 Å². The number of thiol groups is 1. The number of allylic oxidation sites excluding steroid dienone is 1. The number of carboxylic acids is 1. The van der Waals surface area contributed by atoms with E-state index in [0.717, 1.165) is 12.1 Å². The largest absolute Gasteiger partial charge is 0.478 e. The molecule has 0 radical (unpaired) electrons. The van der Waals surface area contributed by atoms with E-state index in [-0.39, 0.29) is 0 Å². The molecular weight excluding hydrogens is 265 g/mol. The number of benzene rings is 1. The van der Waals surface area contributed by atoms with Gasteiger partial charge >= 0.3 is 12.1 Å². The van der Waals surface area contributed by atoms with Crippen LogP contribution >= 0.6 is 12.6 Å². The molecule has 6 heteroatoms. The molecule has 1 rings (SSSR count). The van der Waals surface area contributed by atoms with Crippen molar-refractivity contribution in [2.45, 2.75) is 12.6 Å². The van der Waals surface area contributed by atoms with Crippen LogP contribution in [0, 0.1) is 0 Å². The van der Waals surface area contributed by atoms with E-state index in [1.165, 1.54) is 12.1 Å². The maximum Gasteiger partial charge on any atom is 0.417 e. The van der Waals surface area contributed by atoms with Crippen LogP contribution in [-0.4, -0.2) is 16.8 Å². The van der Waals surface area contributed by atoms with Crippen LogP contribution in [0.1, 0.15) is 27.9 Å². The molecule has 0 fully saturated rings. The van der Waals surface area contributed by atoms with Gasteiger partial charge in [-0.3, -0.25) is 0 Å². The number of aromatic carboxylic acids is 1. The highest BCUT2D eigenvalue weighted by Gasteiger charge is 2.35. The summed E-state index contributed by atoms with van der Waals surface area (Å²) in [5.74, 6) is -0.997. The van der Waals surface area contributed by atoms with Gasteiger partial charge in [0.15, 0.2) is 0 Å². The lowest BCUT2D eigenvalue weighted by molar-refractivity contribution is -0.138. The van der Waals surface area contributed by atoms with E-state index in [0.29, 0.717) is 17.7 Å². The first-order valence-corrected chi connectivity index (χ1v) is 5.71. The highest BCUT2D eigenvalue weighted by molar-refractivity contribution is 7.80. The van der Waals surface area contributed by atoms with Gasteiger partial charge in [-0.05, 0) is 29.9 Å². The van der Waals surface area contributed by atoms with E-state index < -0.39 is 23.3 Å². The molecule has 0 atom stereocenters. The highest BCUT2D eigenvalue weighted by Crippen LogP contribution is 2.33. The second-order valence-electron chi connectivity index (χ2n) is 3.52. The van der Waals surface area contributed by atoms with Crippen LogP contribution in [0.3, 0.4) is 0 Å². The van der Waals surface area contributed by atoms with Gasteiger partial charge in [0.2, 0.25) is 0 Å². The summed E-state index contributed by atoms with van der Waals surface area (Å²) in [4.78, 5) is 10.7. The number of rotatable bonds is 4. The molecule has 0 saturated carbocycles. The fraction of sp³-hybridized carbons (Fsp3) is 0.250. The third kappa shape index (κ3) is 3.80. The van der Waals surface area contributed by atoms with E-state index in [4.69, 9.17) is 5.11 Å². The Hall–Kier alpha value is -1.43. The lowest BCUT2D eigenvalue weighted by Crippen LogP contribution is -2.13. The van der Waals surface area contributed by atoms with Gasteiger partial charge in [0.05, 0.1) is 11.1 Å². The van der Waals surface area contributed by atoms with Crippen LogP contribution in [-0.2, 0) is 6.18 Å². The fourth-order valence-corrected chi connectivity index (χ4v) is 1.53. The zero-order valence-corrected chi connectivity index (χ0v) is 10.1.